The van der Waals surface area contributed by atoms with E-state index in [0.29, 0.717) is 5.75 Å². The highest BCUT2D eigenvalue weighted by Crippen LogP contribution is 2.32. The first-order chi connectivity index (χ1) is 9.77. The highest BCUT2D eigenvalue weighted by atomic mass is 16.5. The smallest absolute Gasteiger partial charge is 0.363 e. The van der Waals surface area contributed by atoms with Crippen molar-refractivity contribution in [2.75, 3.05) is 0 Å². The molecule has 1 aromatic heterocycles. The molecule has 2 rings (SSSR count). The highest BCUT2D eigenvalue weighted by Gasteiger charge is 2.21. The summed E-state index contributed by atoms with van der Waals surface area (Å²) in [6.45, 7) is 10.0. The zero-order chi connectivity index (χ0) is 15.6. The van der Waals surface area contributed by atoms with Crippen molar-refractivity contribution >= 4 is 5.97 Å². The van der Waals surface area contributed by atoms with Crippen LogP contribution in [0.4, 0.5) is 0 Å². The summed E-state index contributed by atoms with van der Waals surface area (Å²) in [7, 11) is 0. The fraction of sp³-hybridized carbons (Fsp3) is 0.353. The molecule has 0 aliphatic rings. The van der Waals surface area contributed by atoms with Gasteiger partial charge in [0.05, 0.1) is 11.9 Å². The van der Waals surface area contributed by atoms with Crippen molar-refractivity contribution in [2.45, 2.75) is 40.0 Å². The van der Waals surface area contributed by atoms with Crippen molar-refractivity contribution in [2.24, 2.45) is 0 Å². The fourth-order valence-corrected chi connectivity index (χ4v) is 1.98. The normalized spacial score (nSPS) is 11.3. The minimum atomic E-state index is -0.487. The Balaban J connectivity index is 2.32. The lowest BCUT2D eigenvalue weighted by atomic mass is 9.86. The van der Waals surface area contributed by atoms with E-state index in [1.807, 2.05) is 32.0 Å². The number of carbonyl (C=O) groups excluding carboxylic acids is 1. The van der Waals surface area contributed by atoms with E-state index in [4.69, 9.17) is 4.74 Å². The number of rotatable bonds is 2. The predicted octanol–water partition coefficient (Wildman–Crippen LogP) is 3.61. The van der Waals surface area contributed by atoms with E-state index in [9.17, 15) is 4.79 Å². The van der Waals surface area contributed by atoms with Gasteiger partial charge in [-0.25, -0.2) is 9.78 Å². The lowest BCUT2D eigenvalue weighted by Gasteiger charge is -2.22. The van der Waals surface area contributed by atoms with Gasteiger partial charge >= 0.3 is 5.97 Å². The standard InChI is InChI=1S/C17H20N2O2/c1-11-6-7-13(17(3,4)5)15(8-11)21-16(20)14-10-18-12(2)9-19-14/h6-10H,1-5H3. The Kier molecular flexibility index (Phi) is 4.07. The Morgan fingerprint density at radius 1 is 1.10 bits per heavy atom. The summed E-state index contributed by atoms with van der Waals surface area (Å²) in [5, 5.41) is 0. The van der Waals surface area contributed by atoms with Gasteiger partial charge in [0, 0.05) is 11.8 Å². The van der Waals surface area contributed by atoms with E-state index < -0.39 is 5.97 Å². The quantitative estimate of drug-likeness (QED) is 0.624. The van der Waals surface area contributed by atoms with Crippen molar-refractivity contribution in [3.8, 4) is 5.75 Å². The summed E-state index contributed by atoms with van der Waals surface area (Å²) in [5.74, 6) is 0.0912. The van der Waals surface area contributed by atoms with E-state index in [1.54, 1.807) is 6.20 Å². The van der Waals surface area contributed by atoms with Gasteiger partial charge in [0.15, 0.2) is 5.69 Å². The van der Waals surface area contributed by atoms with Crippen LogP contribution in [0.25, 0.3) is 0 Å². The summed E-state index contributed by atoms with van der Waals surface area (Å²) in [6, 6.07) is 5.89. The first-order valence-electron chi connectivity index (χ1n) is 6.89. The molecule has 21 heavy (non-hydrogen) atoms. The molecule has 2 aromatic rings. The molecular weight excluding hydrogens is 264 g/mol. The van der Waals surface area contributed by atoms with Crippen LogP contribution in [0.1, 0.15) is 48.1 Å². The Morgan fingerprint density at radius 2 is 1.81 bits per heavy atom. The molecule has 0 saturated heterocycles. The zero-order valence-corrected chi connectivity index (χ0v) is 13.1. The molecule has 0 spiro atoms. The van der Waals surface area contributed by atoms with E-state index in [1.165, 1.54) is 6.20 Å². The highest BCUT2D eigenvalue weighted by molar-refractivity contribution is 5.88. The zero-order valence-electron chi connectivity index (χ0n) is 13.1. The van der Waals surface area contributed by atoms with Crippen LogP contribution in [0.15, 0.2) is 30.6 Å². The van der Waals surface area contributed by atoms with Crippen molar-refractivity contribution < 1.29 is 9.53 Å². The van der Waals surface area contributed by atoms with Gasteiger partial charge in [-0.05, 0) is 30.9 Å². The lowest BCUT2D eigenvalue weighted by molar-refractivity contribution is 0.0725. The molecule has 1 aromatic carbocycles. The number of ether oxygens (including phenoxy) is 1. The van der Waals surface area contributed by atoms with Crippen LogP contribution in [-0.2, 0) is 5.41 Å². The predicted molar refractivity (Wildman–Crippen MR) is 81.6 cm³/mol. The average molecular weight is 284 g/mol. The largest absolute Gasteiger partial charge is 0.421 e. The van der Waals surface area contributed by atoms with Crippen LogP contribution in [0, 0.1) is 13.8 Å². The molecule has 0 N–H and O–H groups in total. The van der Waals surface area contributed by atoms with Gasteiger partial charge in [-0.3, -0.25) is 4.98 Å². The Hall–Kier alpha value is -2.23. The Morgan fingerprint density at radius 3 is 2.38 bits per heavy atom. The fourth-order valence-electron chi connectivity index (χ4n) is 1.98. The molecule has 0 radical (unpaired) electrons. The third kappa shape index (κ3) is 3.66. The number of aromatic nitrogens is 2. The van der Waals surface area contributed by atoms with Crippen LogP contribution in [0.5, 0.6) is 5.75 Å². The molecule has 110 valence electrons. The maximum absolute atomic E-state index is 12.2. The van der Waals surface area contributed by atoms with Crippen LogP contribution >= 0.6 is 0 Å². The molecule has 4 heteroatoms. The molecule has 0 unspecified atom stereocenters. The average Bonchev–Trinajstić information content (AvgIpc) is 2.38. The van der Waals surface area contributed by atoms with E-state index in [-0.39, 0.29) is 11.1 Å². The van der Waals surface area contributed by atoms with Crippen molar-refractivity contribution in [1.29, 1.82) is 0 Å². The first-order valence-corrected chi connectivity index (χ1v) is 6.89. The van der Waals surface area contributed by atoms with Crippen LogP contribution in [0.3, 0.4) is 0 Å². The van der Waals surface area contributed by atoms with E-state index in [0.717, 1.165) is 16.8 Å². The number of esters is 1. The van der Waals surface area contributed by atoms with Crippen molar-refractivity contribution in [3.63, 3.8) is 0 Å². The monoisotopic (exact) mass is 284 g/mol. The Labute approximate surface area is 125 Å². The van der Waals surface area contributed by atoms with Crippen molar-refractivity contribution in [1.82, 2.24) is 9.97 Å². The summed E-state index contributed by atoms with van der Waals surface area (Å²) in [5.41, 5.74) is 2.89. The summed E-state index contributed by atoms with van der Waals surface area (Å²) >= 11 is 0. The topological polar surface area (TPSA) is 52.1 Å². The van der Waals surface area contributed by atoms with Crippen LogP contribution in [-0.4, -0.2) is 15.9 Å². The number of carbonyl (C=O) groups is 1. The third-order valence-electron chi connectivity index (χ3n) is 3.14. The van der Waals surface area contributed by atoms with Gasteiger partial charge in [0.2, 0.25) is 0 Å². The second kappa shape index (κ2) is 5.64. The number of nitrogens with zero attached hydrogens (tertiary/aromatic N) is 2. The SMILES string of the molecule is Cc1ccc(C(C)(C)C)c(OC(=O)c2cnc(C)cn2)c1. The lowest BCUT2D eigenvalue weighted by Crippen LogP contribution is -2.17. The van der Waals surface area contributed by atoms with Gasteiger partial charge in [0.1, 0.15) is 5.75 Å². The van der Waals surface area contributed by atoms with Gasteiger partial charge in [0.25, 0.3) is 0 Å². The molecule has 1 heterocycles. The molecule has 0 aliphatic carbocycles. The van der Waals surface area contributed by atoms with Gasteiger partial charge in [-0.2, -0.15) is 0 Å². The maximum atomic E-state index is 12.2. The minimum Gasteiger partial charge on any atom is -0.421 e. The summed E-state index contributed by atoms with van der Waals surface area (Å²) < 4.78 is 5.54. The number of aryl methyl sites for hydroxylation is 2. The summed E-state index contributed by atoms with van der Waals surface area (Å²) in [6.07, 6.45) is 2.99. The molecule has 0 saturated carbocycles. The molecule has 0 fully saturated rings. The molecule has 0 aliphatic heterocycles. The molecule has 0 bridgehead atoms. The van der Waals surface area contributed by atoms with Crippen molar-refractivity contribution in [3.05, 3.63) is 53.1 Å². The number of hydrogen-bond donors (Lipinski definition) is 0. The number of hydrogen-bond acceptors (Lipinski definition) is 4. The summed E-state index contributed by atoms with van der Waals surface area (Å²) in [4.78, 5) is 20.3. The van der Waals surface area contributed by atoms with Gasteiger partial charge in [-0.15, -0.1) is 0 Å². The molecule has 4 nitrogen and oxygen atoms in total. The molecule has 0 atom stereocenters. The van der Waals surface area contributed by atoms with Crippen LogP contribution < -0.4 is 4.74 Å². The third-order valence-corrected chi connectivity index (χ3v) is 3.14. The first kappa shape index (κ1) is 15.2. The Bertz CT molecular complexity index is 655. The van der Waals surface area contributed by atoms with Gasteiger partial charge < -0.3 is 4.74 Å². The minimum absolute atomic E-state index is 0.109. The number of benzene rings is 1. The van der Waals surface area contributed by atoms with Crippen LogP contribution in [0.2, 0.25) is 0 Å². The molecule has 0 amide bonds. The second-order valence-corrected chi connectivity index (χ2v) is 6.18. The van der Waals surface area contributed by atoms with Gasteiger partial charge in [-0.1, -0.05) is 32.9 Å². The van der Waals surface area contributed by atoms with E-state index in [2.05, 4.69) is 30.7 Å². The molecular formula is C17H20N2O2. The second-order valence-electron chi connectivity index (χ2n) is 6.18. The maximum Gasteiger partial charge on any atom is 0.363 e. The van der Waals surface area contributed by atoms with E-state index >= 15 is 0 Å².